The molecule has 1 aliphatic carbocycles. The van der Waals surface area contributed by atoms with Gasteiger partial charge >= 0.3 is 0 Å². The van der Waals surface area contributed by atoms with Crippen molar-refractivity contribution in [3.63, 3.8) is 0 Å². The molecule has 0 aromatic rings. The Labute approximate surface area is 104 Å². The minimum atomic E-state index is -0.336. The van der Waals surface area contributed by atoms with Gasteiger partial charge in [-0.1, -0.05) is 13.8 Å². The van der Waals surface area contributed by atoms with Crippen LogP contribution in [0, 0.1) is 11.8 Å². The molecular formula is C13H25N3O. The van der Waals surface area contributed by atoms with Gasteiger partial charge in [0.2, 0.25) is 5.91 Å². The van der Waals surface area contributed by atoms with Crippen molar-refractivity contribution >= 4 is 5.91 Å². The maximum absolute atomic E-state index is 12.1. The van der Waals surface area contributed by atoms with Crippen molar-refractivity contribution in [2.45, 2.75) is 45.2 Å². The maximum atomic E-state index is 12.1. The van der Waals surface area contributed by atoms with Gasteiger partial charge in [0.15, 0.2) is 0 Å². The van der Waals surface area contributed by atoms with Crippen molar-refractivity contribution in [1.29, 1.82) is 0 Å². The lowest BCUT2D eigenvalue weighted by molar-refractivity contribution is -0.132. The zero-order chi connectivity index (χ0) is 12.4. The molecule has 2 rings (SSSR count). The highest BCUT2D eigenvalue weighted by molar-refractivity contribution is 5.82. The lowest BCUT2D eigenvalue weighted by atomic mass is 10.0. The summed E-state index contributed by atoms with van der Waals surface area (Å²) in [6.45, 7) is 6.83. The molecule has 1 aliphatic heterocycles. The molecule has 2 atom stereocenters. The molecule has 0 spiro atoms. The smallest absolute Gasteiger partial charge is 0.239 e. The molecule has 0 aromatic carbocycles. The number of likely N-dealkylation sites (tertiary alicyclic amines) is 1. The number of nitrogens with two attached hydrogens (primary N) is 1. The molecule has 4 heteroatoms. The molecule has 3 N–H and O–H groups in total. The molecular weight excluding hydrogens is 214 g/mol. The average molecular weight is 239 g/mol. The highest BCUT2D eigenvalue weighted by atomic mass is 16.2. The second-order valence-electron chi connectivity index (χ2n) is 5.89. The largest absolute Gasteiger partial charge is 0.340 e. The Bertz CT molecular complexity index is 276. The number of hydrogen-bond donors (Lipinski definition) is 2. The van der Waals surface area contributed by atoms with Crippen molar-refractivity contribution in [2.24, 2.45) is 17.6 Å². The van der Waals surface area contributed by atoms with Crippen LogP contribution in [0.3, 0.4) is 0 Å². The first-order chi connectivity index (χ1) is 8.08. The van der Waals surface area contributed by atoms with E-state index in [0.29, 0.717) is 6.04 Å². The van der Waals surface area contributed by atoms with E-state index in [9.17, 15) is 4.79 Å². The Morgan fingerprint density at radius 1 is 1.41 bits per heavy atom. The number of rotatable bonds is 5. The van der Waals surface area contributed by atoms with Gasteiger partial charge in [0.05, 0.1) is 6.04 Å². The van der Waals surface area contributed by atoms with Crippen molar-refractivity contribution < 1.29 is 4.79 Å². The van der Waals surface area contributed by atoms with E-state index >= 15 is 0 Å². The van der Waals surface area contributed by atoms with Gasteiger partial charge in [-0.25, -0.2) is 0 Å². The molecule has 1 saturated heterocycles. The predicted molar refractivity (Wildman–Crippen MR) is 68.5 cm³/mol. The lowest BCUT2D eigenvalue weighted by Crippen LogP contribution is -2.46. The molecule has 0 radical (unpaired) electrons. The van der Waals surface area contributed by atoms with Gasteiger partial charge in [0, 0.05) is 19.1 Å². The monoisotopic (exact) mass is 239 g/mol. The number of carbonyl (C=O) groups excluding carboxylic acids is 1. The zero-order valence-corrected chi connectivity index (χ0v) is 11.0. The van der Waals surface area contributed by atoms with Crippen LogP contribution >= 0.6 is 0 Å². The molecule has 1 saturated carbocycles. The molecule has 0 aromatic heterocycles. The summed E-state index contributed by atoms with van der Waals surface area (Å²) >= 11 is 0. The number of hydrogen-bond acceptors (Lipinski definition) is 3. The minimum Gasteiger partial charge on any atom is -0.340 e. The van der Waals surface area contributed by atoms with Gasteiger partial charge < -0.3 is 16.0 Å². The van der Waals surface area contributed by atoms with Gasteiger partial charge in [0.1, 0.15) is 0 Å². The SMILES string of the molecule is CC(C)C(N)C(=O)N1CC[C@H](NCC2CC2)C1. The number of nitrogens with one attached hydrogen (secondary N) is 1. The second-order valence-corrected chi connectivity index (χ2v) is 5.89. The number of amides is 1. The highest BCUT2D eigenvalue weighted by Crippen LogP contribution is 2.28. The molecule has 1 heterocycles. The second kappa shape index (κ2) is 5.36. The van der Waals surface area contributed by atoms with E-state index in [1.165, 1.54) is 12.8 Å². The summed E-state index contributed by atoms with van der Waals surface area (Å²) in [6, 6.07) is 0.149. The first-order valence-corrected chi connectivity index (χ1v) is 6.85. The van der Waals surface area contributed by atoms with E-state index in [1.807, 2.05) is 18.7 Å². The molecule has 2 fully saturated rings. The Morgan fingerprint density at radius 3 is 2.71 bits per heavy atom. The van der Waals surface area contributed by atoms with Crippen LogP contribution in [0.25, 0.3) is 0 Å². The Kier molecular flexibility index (Phi) is 4.05. The van der Waals surface area contributed by atoms with Gasteiger partial charge in [-0.2, -0.15) is 0 Å². The van der Waals surface area contributed by atoms with Crippen LogP contribution in [0.4, 0.5) is 0 Å². The van der Waals surface area contributed by atoms with Crippen LogP contribution in [0.1, 0.15) is 33.1 Å². The lowest BCUT2D eigenvalue weighted by Gasteiger charge is -2.23. The normalized spacial score (nSPS) is 26.6. The highest BCUT2D eigenvalue weighted by Gasteiger charge is 2.31. The van der Waals surface area contributed by atoms with Crippen LogP contribution in [0.2, 0.25) is 0 Å². The Morgan fingerprint density at radius 2 is 2.12 bits per heavy atom. The summed E-state index contributed by atoms with van der Waals surface area (Å²) in [4.78, 5) is 14.0. The van der Waals surface area contributed by atoms with E-state index in [2.05, 4.69) is 5.32 Å². The van der Waals surface area contributed by atoms with Crippen molar-refractivity contribution in [1.82, 2.24) is 10.2 Å². The van der Waals surface area contributed by atoms with E-state index in [1.54, 1.807) is 0 Å². The Hall–Kier alpha value is -0.610. The fourth-order valence-electron chi connectivity index (χ4n) is 2.28. The first-order valence-electron chi connectivity index (χ1n) is 6.85. The summed E-state index contributed by atoms with van der Waals surface area (Å²) in [6.07, 6.45) is 3.82. The van der Waals surface area contributed by atoms with Gasteiger partial charge in [0.25, 0.3) is 0 Å². The van der Waals surface area contributed by atoms with E-state index < -0.39 is 0 Å². The number of carbonyl (C=O) groups is 1. The van der Waals surface area contributed by atoms with Gasteiger partial charge in [-0.15, -0.1) is 0 Å². The third-order valence-corrected chi connectivity index (χ3v) is 3.90. The maximum Gasteiger partial charge on any atom is 0.239 e. The van der Waals surface area contributed by atoms with Crippen LogP contribution in [0.5, 0.6) is 0 Å². The van der Waals surface area contributed by atoms with Crippen molar-refractivity contribution in [3.05, 3.63) is 0 Å². The molecule has 2 aliphatic rings. The minimum absolute atomic E-state index is 0.121. The van der Waals surface area contributed by atoms with Gasteiger partial charge in [-0.3, -0.25) is 4.79 Å². The number of nitrogens with zero attached hydrogens (tertiary/aromatic N) is 1. The summed E-state index contributed by atoms with van der Waals surface area (Å²) in [7, 11) is 0. The quantitative estimate of drug-likeness (QED) is 0.737. The van der Waals surface area contributed by atoms with Crippen LogP contribution < -0.4 is 11.1 Å². The summed E-state index contributed by atoms with van der Waals surface area (Å²) in [5, 5.41) is 3.56. The standard InChI is InChI=1S/C13H25N3O/c1-9(2)12(14)13(17)16-6-5-11(8-16)15-7-10-3-4-10/h9-12,15H,3-8,14H2,1-2H3/t11-,12?/m0/s1. The van der Waals surface area contributed by atoms with Gasteiger partial charge in [-0.05, 0) is 37.6 Å². The topological polar surface area (TPSA) is 58.4 Å². The molecule has 4 nitrogen and oxygen atoms in total. The third-order valence-electron chi connectivity index (χ3n) is 3.90. The van der Waals surface area contributed by atoms with E-state index in [4.69, 9.17) is 5.73 Å². The zero-order valence-electron chi connectivity index (χ0n) is 11.0. The summed E-state index contributed by atoms with van der Waals surface area (Å²) in [5.74, 6) is 1.24. The average Bonchev–Trinajstić information content (AvgIpc) is 3.02. The van der Waals surface area contributed by atoms with E-state index in [-0.39, 0.29) is 17.9 Å². The fourth-order valence-corrected chi connectivity index (χ4v) is 2.28. The van der Waals surface area contributed by atoms with Crippen LogP contribution in [-0.4, -0.2) is 42.5 Å². The molecule has 1 unspecified atom stereocenters. The van der Waals surface area contributed by atoms with E-state index in [0.717, 1.165) is 32.0 Å². The van der Waals surface area contributed by atoms with Crippen LogP contribution in [0.15, 0.2) is 0 Å². The van der Waals surface area contributed by atoms with Crippen molar-refractivity contribution in [3.8, 4) is 0 Å². The molecule has 98 valence electrons. The molecule has 0 bridgehead atoms. The molecule has 1 amide bonds. The third kappa shape index (κ3) is 3.42. The Balaban J connectivity index is 1.74. The fraction of sp³-hybridized carbons (Fsp3) is 0.923. The van der Waals surface area contributed by atoms with Crippen LogP contribution in [-0.2, 0) is 4.79 Å². The first kappa shape index (κ1) is 12.8. The molecule has 17 heavy (non-hydrogen) atoms. The summed E-state index contributed by atoms with van der Waals surface area (Å²) < 4.78 is 0. The predicted octanol–water partition coefficient (Wildman–Crippen LogP) is 0.570. The summed E-state index contributed by atoms with van der Waals surface area (Å²) in [5.41, 5.74) is 5.91. The van der Waals surface area contributed by atoms with Crippen molar-refractivity contribution in [2.75, 3.05) is 19.6 Å².